The maximum absolute atomic E-state index is 12.3. The van der Waals surface area contributed by atoms with Crippen molar-refractivity contribution in [2.45, 2.75) is 27.2 Å². The molecule has 1 amide bonds. The number of aromatic nitrogens is 1. The van der Waals surface area contributed by atoms with Crippen LogP contribution in [0.3, 0.4) is 0 Å². The summed E-state index contributed by atoms with van der Waals surface area (Å²) in [6, 6.07) is 12.3. The molecule has 0 atom stereocenters. The van der Waals surface area contributed by atoms with Crippen LogP contribution in [0.2, 0.25) is 0 Å². The normalized spacial score (nSPS) is 12.1. The van der Waals surface area contributed by atoms with Crippen LogP contribution in [0, 0.1) is 20.8 Å². The van der Waals surface area contributed by atoms with Gasteiger partial charge in [-0.15, -0.1) is 0 Å². The lowest BCUT2D eigenvalue weighted by molar-refractivity contribution is -0.117. The Morgan fingerprint density at radius 1 is 1.09 bits per heavy atom. The van der Waals surface area contributed by atoms with Gasteiger partial charge < -0.3 is 4.57 Å². The molecule has 3 nitrogen and oxygen atoms in total. The standard InChI is InChI=1S/C19H20N2OS/c1-12-5-7-15(8-6-12)11-18(22)20-19-21(4)16-9-13(2)14(3)10-17(16)23-19/h5-10H,11H2,1-4H3. The third kappa shape index (κ3) is 3.27. The number of carbonyl (C=O) groups excluding carboxylic acids is 1. The molecule has 2 aromatic carbocycles. The van der Waals surface area contributed by atoms with Crippen molar-refractivity contribution in [3.63, 3.8) is 0 Å². The van der Waals surface area contributed by atoms with E-state index in [9.17, 15) is 4.79 Å². The Labute approximate surface area is 139 Å². The molecule has 0 bridgehead atoms. The molecular formula is C19H20N2OS. The molecule has 0 fully saturated rings. The van der Waals surface area contributed by atoms with E-state index in [1.807, 2.05) is 42.8 Å². The number of amides is 1. The molecule has 0 N–H and O–H groups in total. The highest BCUT2D eigenvalue weighted by Crippen LogP contribution is 2.21. The van der Waals surface area contributed by atoms with E-state index in [1.54, 1.807) is 11.3 Å². The molecule has 3 aromatic rings. The van der Waals surface area contributed by atoms with Crippen LogP contribution in [-0.2, 0) is 18.3 Å². The Morgan fingerprint density at radius 3 is 2.43 bits per heavy atom. The lowest BCUT2D eigenvalue weighted by atomic mass is 10.1. The van der Waals surface area contributed by atoms with E-state index in [2.05, 4.69) is 31.0 Å². The maximum atomic E-state index is 12.3. The van der Waals surface area contributed by atoms with Crippen molar-refractivity contribution in [1.82, 2.24) is 4.57 Å². The average molecular weight is 324 g/mol. The molecule has 0 saturated carbocycles. The van der Waals surface area contributed by atoms with Crippen LogP contribution in [0.1, 0.15) is 22.3 Å². The van der Waals surface area contributed by atoms with Gasteiger partial charge in [0.05, 0.1) is 16.6 Å². The summed E-state index contributed by atoms with van der Waals surface area (Å²) in [6.07, 6.45) is 0.340. The average Bonchev–Trinajstić information content (AvgIpc) is 2.78. The second-order valence-electron chi connectivity index (χ2n) is 6.02. The Morgan fingerprint density at radius 2 is 1.74 bits per heavy atom. The van der Waals surface area contributed by atoms with Crippen LogP contribution < -0.4 is 4.80 Å². The SMILES string of the molecule is Cc1ccc(CC(=O)N=c2sc3cc(C)c(C)cc3n2C)cc1. The van der Waals surface area contributed by atoms with E-state index in [0.29, 0.717) is 6.42 Å². The summed E-state index contributed by atoms with van der Waals surface area (Å²) in [4.78, 5) is 17.3. The second-order valence-corrected chi connectivity index (χ2v) is 7.02. The summed E-state index contributed by atoms with van der Waals surface area (Å²) in [5, 5.41) is 0. The van der Waals surface area contributed by atoms with Crippen LogP contribution in [0.15, 0.2) is 41.4 Å². The maximum Gasteiger partial charge on any atom is 0.252 e. The molecule has 1 aromatic heterocycles. The lowest BCUT2D eigenvalue weighted by Gasteiger charge is -2.01. The molecule has 0 aliphatic carbocycles. The second kappa shape index (κ2) is 6.13. The van der Waals surface area contributed by atoms with Crippen molar-refractivity contribution in [1.29, 1.82) is 0 Å². The van der Waals surface area contributed by atoms with Crippen LogP contribution in [-0.4, -0.2) is 10.5 Å². The van der Waals surface area contributed by atoms with Crippen molar-refractivity contribution < 1.29 is 4.79 Å². The first kappa shape index (κ1) is 15.7. The van der Waals surface area contributed by atoms with Gasteiger partial charge >= 0.3 is 0 Å². The highest BCUT2D eigenvalue weighted by atomic mass is 32.1. The van der Waals surface area contributed by atoms with Crippen molar-refractivity contribution in [2.75, 3.05) is 0 Å². The van der Waals surface area contributed by atoms with Gasteiger partial charge in [0.1, 0.15) is 0 Å². The highest BCUT2D eigenvalue weighted by molar-refractivity contribution is 7.16. The Hall–Kier alpha value is -2.20. The smallest absolute Gasteiger partial charge is 0.252 e. The topological polar surface area (TPSA) is 34.4 Å². The number of benzene rings is 2. The molecule has 0 spiro atoms. The van der Waals surface area contributed by atoms with Gasteiger partial charge in [-0.3, -0.25) is 4.79 Å². The fourth-order valence-corrected chi connectivity index (χ4v) is 3.63. The summed E-state index contributed by atoms with van der Waals surface area (Å²) >= 11 is 1.56. The Bertz CT molecular complexity index is 946. The minimum Gasteiger partial charge on any atom is -0.319 e. The summed E-state index contributed by atoms with van der Waals surface area (Å²) in [5.41, 5.74) is 5.83. The predicted octanol–water partition coefficient (Wildman–Crippen LogP) is 3.84. The molecule has 1 heterocycles. The molecular weight excluding hydrogens is 304 g/mol. The van der Waals surface area contributed by atoms with Gasteiger partial charge in [-0.25, -0.2) is 0 Å². The largest absolute Gasteiger partial charge is 0.319 e. The molecule has 0 aliphatic heterocycles. The Kier molecular flexibility index (Phi) is 4.18. The number of thiazole rings is 1. The zero-order chi connectivity index (χ0) is 16.6. The van der Waals surface area contributed by atoms with Crippen molar-refractivity contribution in [3.8, 4) is 0 Å². The van der Waals surface area contributed by atoms with E-state index >= 15 is 0 Å². The summed E-state index contributed by atoms with van der Waals surface area (Å²) < 4.78 is 3.16. The third-order valence-electron chi connectivity index (χ3n) is 4.12. The van der Waals surface area contributed by atoms with Crippen LogP contribution in [0.5, 0.6) is 0 Å². The van der Waals surface area contributed by atoms with Crippen molar-refractivity contribution in [2.24, 2.45) is 12.0 Å². The zero-order valence-electron chi connectivity index (χ0n) is 13.9. The first-order valence-corrected chi connectivity index (χ1v) is 8.45. The number of carbonyl (C=O) groups is 1. The number of aryl methyl sites for hydroxylation is 4. The van der Waals surface area contributed by atoms with E-state index in [4.69, 9.17) is 0 Å². The van der Waals surface area contributed by atoms with Crippen molar-refractivity contribution >= 4 is 27.5 Å². The van der Waals surface area contributed by atoms with Gasteiger partial charge in [0.2, 0.25) is 0 Å². The molecule has 23 heavy (non-hydrogen) atoms. The quantitative estimate of drug-likeness (QED) is 0.705. The predicted molar refractivity (Wildman–Crippen MR) is 95.7 cm³/mol. The molecule has 0 aliphatic rings. The summed E-state index contributed by atoms with van der Waals surface area (Å²) in [5.74, 6) is -0.107. The first-order chi connectivity index (χ1) is 10.9. The summed E-state index contributed by atoms with van der Waals surface area (Å²) in [7, 11) is 1.96. The van der Waals surface area contributed by atoms with E-state index in [0.717, 1.165) is 20.6 Å². The van der Waals surface area contributed by atoms with E-state index < -0.39 is 0 Å². The number of fused-ring (bicyclic) bond motifs is 1. The van der Waals surface area contributed by atoms with Crippen LogP contribution in [0.4, 0.5) is 0 Å². The minimum absolute atomic E-state index is 0.107. The fourth-order valence-electron chi connectivity index (χ4n) is 2.51. The highest BCUT2D eigenvalue weighted by Gasteiger charge is 2.07. The monoisotopic (exact) mass is 324 g/mol. The number of rotatable bonds is 2. The van der Waals surface area contributed by atoms with Gasteiger partial charge in [0.15, 0.2) is 4.80 Å². The van der Waals surface area contributed by atoms with Gasteiger partial charge in [-0.1, -0.05) is 41.2 Å². The number of hydrogen-bond donors (Lipinski definition) is 0. The van der Waals surface area contributed by atoms with Gasteiger partial charge in [0, 0.05) is 7.05 Å². The van der Waals surface area contributed by atoms with Gasteiger partial charge in [-0.05, 0) is 49.6 Å². The third-order valence-corrected chi connectivity index (χ3v) is 5.22. The molecule has 0 saturated heterocycles. The van der Waals surface area contributed by atoms with Gasteiger partial charge in [-0.2, -0.15) is 4.99 Å². The van der Waals surface area contributed by atoms with E-state index in [1.165, 1.54) is 16.7 Å². The molecule has 0 radical (unpaired) electrons. The fraction of sp³-hybridized carbons (Fsp3) is 0.263. The molecule has 0 unspecified atom stereocenters. The number of hydrogen-bond acceptors (Lipinski definition) is 2. The zero-order valence-corrected chi connectivity index (χ0v) is 14.7. The lowest BCUT2D eigenvalue weighted by Crippen LogP contribution is -2.14. The molecule has 3 rings (SSSR count). The molecule has 118 valence electrons. The Balaban J connectivity index is 1.95. The van der Waals surface area contributed by atoms with Crippen LogP contribution >= 0.6 is 11.3 Å². The number of nitrogens with zero attached hydrogens (tertiary/aromatic N) is 2. The summed E-state index contributed by atoms with van der Waals surface area (Å²) in [6.45, 7) is 6.25. The van der Waals surface area contributed by atoms with E-state index in [-0.39, 0.29) is 5.91 Å². The van der Waals surface area contributed by atoms with Crippen molar-refractivity contribution in [3.05, 3.63) is 63.5 Å². The van der Waals surface area contributed by atoms with Gasteiger partial charge in [0.25, 0.3) is 5.91 Å². The minimum atomic E-state index is -0.107. The first-order valence-electron chi connectivity index (χ1n) is 7.64. The molecule has 4 heteroatoms. The van der Waals surface area contributed by atoms with Crippen LogP contribution in [0.25, 0.3) is 10.2 Å².